The zero-order valence-corrected chi connectivity index (χ0v) is 11.8. The number of nitrogens with one attached hydrogen (secondary N) is 1. The van der Waals surface area contributed by atoms with Gasteiger partial charge < -0.3 is 9.84 Å². The molecule has 0 aliphatic rings. The summed E-state index contributed by atoms with van der Waals surface area (Å²) in [5.74, 6) is -2.26. The molecular formula is C12H15NO6S. The lowest BCUT2D eigenvalue weighted by molar-refractivity contribution is -0.142. The molecule has 1 rings (SSSR count). The largest absolute Gasteiger partial charge is 0.478 e. The highest BCUT2D eigenvalue weighted by Crippen LogP contribution is 2.09. The van der Waals surface area contributed by atoms with Crippen LogP contribution >= 0.6 is 0 Å². The first-order chi connectivity index (χ1) is 9.25. The standard InChI is InChI=1S/C12H15NO6S/c1-8(12(16)19-2)13-20(17,18)7-9-4-3-5-10(6-9)11(14)15/h3-6,8,13H,7H2,1-2H3,(H,14,15)/t8-/m0/s1. The smallest absolute Gasteiger partial charge is 0.335 e. The molecule has 8 heteroatoms. The number of ether oxygens (including phenoxy) is 1. The van der Waals surface area contributed by atoms with Gasteiger partial charge in [-0.3, -0.25) is 4.79 Å². The quantitative estimate of drug-likeness (QED) is 0.734. The second kappa shape index (κ2) is 6.49. The summed E-state index contributed by atoms with van der Waals surface area (Å²) in [6.45, 7) is 1.36. The number of esters is 1. The molecule has 7 nitrogen and oxygen atoms in total. The maximum atomic E-state index is 11.8. The van der Waals surface area contributed by atoms with Crippen LogP contribution in [0.3, 0.4) is 0 Å². The first kappa shape index (κ1) is 16.1. The van der Waals surface area contributed by atoms with Gasteiger partial charge in [0.2, 0.25) is 10.0 Å². The number of methoxy groups -OCH3 is 1. The van der Waals surface area contributed by atoms with Crippen molar-refractivity contribution >= 4 is 22.0 Å². The highest BCUT2D eigenvalue weighted by Gasteiger charge is 2.21. The summed E-state index contributed by atoms with van der Waals surface area (Å²) in [6, 6.07) is 4.58. The fraction of sp³-hybridized carbons (Fsp3) is 0.333. The Bertz CT molecular complexity index is 610. The highest BCUT2D eigenvalue weighted by atomic mass is 32.2. The van der Waals surface area contributed by atoms with Crippen LogP contribution in [0.15, 0.2) is 24.3 Å². The first-order valence-corrected chi connectivity index (χ1v) is 7.30. The van der Waals surface area contributed by atoms with E-state index in [0.29, 0.717) is 5.56 Å². The SMILES string of the molecule is COC(=O)[C@H](C)NS(=O)(=O)Cc1cccc(C(=O)O)c1. The highest BCUT2D eigenvalue weighted by molar-refractivity contribution is 7.88. The number of rotatable bonds is 6. The first-order valence-electron chi connectivity index (χ1n) is 5.65. The molecule has 0 heterocycles. The molecule has 0 saturated heterocycles. The molecule has 110 valence electrons. The number of hydrogen-bond acceptors (Lipinski definition) is 5. The van der Waals surface area contributed by atoms with Gasteiger partial charge in [-0.1, -0.05) is 12.1 Å². The van der Waals surface area contributed by atoms with E-state index in [4.69, 9.17) is 5.11 Å². The van der Waals surface area contributed by atoms with E-state index in [-0.39, 0.29) is 5.56 Å². The van der Waals surface area contributed by atoms with Crippen molar-refractivity contribution in [3.63, 3.8) is 0 Å². The molecule has 0 aliphatic heterocycles. The summed E-state index contributed by atoms with van der Waals surface area (Å²) in [5.41, 5.74) is 0.313. The third kappa shape index (κ3) is 4.63. The molecule has 0 bridgehead atoms. The minimum absolute atomic E-state index is 0.00119. The predicted molar refractivity (Wildman–Crippen MR) is 70.6 cm³/mol. The van der Waals surface area contributed by atoms with Crippen molar-refractivity contribution in [3.8, 4) is 0 Å². The number of sulfonamides is 1. The van der Waals surface area contributed by atoms with Gasteiger partial charge in [0.05, 0.1) is 18.4 Å². The van der Waals surface area contributed by atoms with Crippen molar-refractivity contribution in [2.75, 3.05) is 7.11 Å². The van der Waals surface area contributed by atoms with Gasteiger partial charge in [-0.25, -0.2) is 17.9 Å². The number of aromatic carboxylic acids is 1. The molecule has 0 aliphatic carbocycles. The zero-order valence-electron chi connectivity index (χ0n) is 11.0. The maximum absolute atomic E-state index is 11.8. The van der Waals surface area contributed by atoms with E-state index in [1.54, 1.807) is 0 Å². The van der Waals surface area contributed by atoms with Crippen molar-refractivity contribution in [1.82, 2.24) is 4.72 Å². The summed E-state index contributed by atoms with van der Waals surface area (Å²) in [7, 11) is -2.62. The Kier molecular flexibility index (Phi) is 5.23. The Morgan fingerprint density at radius 2 is 2.05 bits per heavy atom. The molecule has 0 radical (unpaired) electrons. The van der Waals surface area contributed by atoms with E-state index in [1.807, 2.05) is 0 Å². The Hall–Kier alpha value is -1.93. The van der Waals surface area contributed by atoms with Crippen LogP contribution < -0.4 is 4.72 Å². The minimum Gasteiger partial charge on any atom is -0.478 e. The normalized spacial score (nSPS) is 12.7. The van der Waals surface area contributed by atoms with E-state index >= 15 is 0 Å². The lowest BCUT2D eigenvalue weighted by Crippen LogP contribution is -2.39. The number of carbonyl (C=O) groups excluding carboxylic acids is 1. The van der Waals surface area contributed by atoms with E-state index in [2.05, 4.69) is 9.46 Å². The van der Waals surface area contributed by atoms with Gasteiger partial charge >= 0.3 is 11.9 Å². The molecular weight excluding hydrogens is 286 g/mol. The molecule has 0 saturated carbocycles. The number of carboxylic acid groups (broad SMARTS) is 1. The molecule has 1 aromatic rings. The van der Waals surface area contributed by atoms with Crippen molar-refractivity contribution in [3.05, 3.63) is 35.4 Å². The Labute approximate surface area is 116 Å². The fourth-order valence-corrected chi connectivity index (χ4v) is 2.89. The number of carboxylic acids is 1. The lowest BCUT2D eigenvalue weighted by Gasteiger charge is -2.12. The molecule has 0 amide bonds. The Morgan fingerprint density at radius 1 is 1.40 bits per heavy atom. The summed E-state index contributed by atoms with van der Waals surface area (Å²) in [4.78, 5) is 22.0. The Morgan fingerprint density at radius 3 is 2.60 bits per heavy atom. The molecule has 0 aromatic heterocycles. The average molecular weight is 301 g/mol. The van der Waals surface area contributed by atoms with Crippen LogP contribution in [-0.2, 0) is 25.3 Å². The minimum atomic E-state index is -3.78. The zero-order chi connectivity index (χ0) is 15.3. The van der Waals surface area contributed by atoms with Gasteiger partial charge in [-0.2, -0.15) is 0 Å². The van der Waals surface area contributed by atoms with E-state index < -0.39 is 33.8 Å². The van der Waals surface area contributed by atoms with E-state index in [0.717, 1.165) is 7.11 Å². The van der Waals surface area contributed by atoms with Crippen molar-refractivity contribution in [2.24, 2.45) is 0 Å². The van der Waals surface area contributed by atoms with Crippen molar-refractivity contribution < 1.29 is 27.9 Å². The van der Waals surface area contributed by atoms with Crippen LogP contribution in [0.1, 0.15) is 22.8 Å². The van der Waals surface area contributed by atoms with Crippen molar-refractivity contribution in [1.29, 1.82) is 0 Å². The van der Waals surface area contributed by atoms with Gasteiger partial charge in [0.1, 0.15) is 6.04 Å². The molecule has 1 atom stereocenters. The van der Waals surface area contributed by atoms with Crippen LogP contribution in [0.2, 0.25) is 0 Å². The van der Waals surface area contributed by atoms with E-state index in [9.17, 15) is 18.0 Å². The number of hydrogen-bond donors (Lipinski definition) is 2. The summed E-state index contributed by atoms with van der Waals surface area (Å²) < 4.78 is 30.3. The van der Waals surface area contributed by atoms with Crippen LogP contribution in [-0.4, -0.2) is 38.6 Å². The molecule has 20 heavy (non-hydrogen) atoms. The third-order valence-corrected chi connectivity index (χ3v) is 3.87. The number of carbonyl (C=O) groups is 2. The summed E-state index contributed by atoms with van der Waals surface area (Å²) in [5, 5.41) is 8.83. The van der Waals surface area contributed by atoms with Gasteiger partial charge in [-0.15, -0.1) is 0 Å². The van der Waals surface area contributed by atoms with Crippen LogP contribution in [0.5, 0.6) is 0 Å². The van der Waals surface area contributed by atoms with Gasteiger partial charge in [0.25, 0.3) is 0 Å². The third-order valence-electron chi connectivity index (χ3n) is 2.44. The van der Waals surface area contributed by atoms with Crippen molar-refractivity contribution in [2.45, 2.75) is 18.7 Å². The molecule has 2 N–H and O–H groups in total. The van der Waals surface area contributed by atoms with Gasteiger partial charge in [0.15, 0.2) is 0 Å². The summed E-state index contributed by atoms with van der Waals surface area (Å²) >= 11 is 0. The molecule has 0 fully saturated rings. The second-order valence-corrected chi connectivity index (χ2v) is 5.88. The second-order valence-electron chi connectivity index (χ2n) is 4.13. The van der Waals surface area contributed by atoms with Gasteiger partial charge in [0, 0.05) is 0 Å². The predicted octanol–water partition coefficient (Wildman–Crippen LogP) is 0.366. The fourth-order valence-electron chi connectivity index (χ4n) is 1.55. The summed E-state index contributed by atoms with van der Waals surface area (Å²) in [6.07, 6.45) is 0. The van der Waals surface area contributed by atoms with Crippen LogP contribution in [0.25, 0.3) is 0 Å². The van der Waals surface area contributed by atoms with Crippen LogP contribution in [0.4, 0.5) is 0 Å². The molecule has 0 unspecified atom stereocenters. The molecule has 1 aromatic carbocycles. The molecule has 0 spiro atoms. The lowest BCUT2D eigenvalue weighted by atomic mass is 10.1. The van der Waals surface area contributed by atoms with Gasteiger partial charge in [-0.05, 0) is 24.6 Å². The maximum Gasteiger partial charge on any atom is 0.335 e. The number of benzene rings is 1. The van der Waals surface area contributed by atoms with E-state index in [1.165, 1.54) is 31.2 Å². The average Bonchev–Trinajstić information content (AvgIpc) is 2.36. The monoisotopic (exact) mass is 301 g/mol. The Balaban J connectivity index is 2.83. The van der Waals surface area contributed by atoms with Crippen LogP contribution in [0, 0.1) is 0 Å². The topological polar surface area (TPSA) is 110 Å².